The first-order valence-corrected chi connectivity index (χ1v) is 4.92. The first kappa shape index (κ1) is 10.4. The standard InChI is InChI=1S/C11H11N3O2/c15-11(16)10-12-8-13-14(10)7-6-9-4-2-1-3-5-9/h1-5,8H,6-7H2,(H,15,16). The van der Waals surface area contributed by atoms with E-state index in [4.69, 9.17) is 5.11 Å². The van der Waals surface area contributed by atoms with Crippen molar-refractivity contribution in [2.75, 3.05) is 0 Å². The van der Waals surface area contributed by atoms with Crippen molar-refractivity contribution in [1.29, 1.82) is 0 Å². The van der Waals surface area contributed by atoms with Gasteiger partial charge < -0.3 is 5.11 Å². The van der Waals surface area contributed by atoms with Gasteiger partial charge in [0, 0.05) is 6.54 Å². The van der Waals surface area contributed by atoms with Crippen LogP contribution in [0.3, 0.4) is 0 Å². The molecule has 0 amide bonds. The van der Waals surface area contributed by atoms with Crippen molar-refractivity contribution in [2.24, 2.45) is 0 Å². The third-order valence-electron chi connectivity index (χ3n) is 2.26. The van der Waals surface area contributed by atoms with Crippen molar-refractivity contribution in [3.8, 4) is 0 Å². The monoisotopic (exact) mass is 217 g/mol. The second-order valence-corrected chi connectivity index (χ2v) is 3.35. The molecule has 0 bridgehead atoms. The molecule has 2 aromatic rings. The third-order valence-corrected chi connectivity index (χ3v) is 2.26. The Morgan fingerprint density at radius 2 is 2.06 bits per heavy atom. The van der Waals surface area contributed by atoms with E-state index in [1.54, 1.807) is 0 Å². The minimum atomic E-state index is -1.05. The summed E-state index contributed by atoms with van der Waals surface area (Å²) in [5.41, 5.74) is 1.15. The van der Waals surface area contributed by atoms with Gasteiger partial charge in [-0.05, 0) is 12.0 Å². The van der Waals surface area contributed by atoms with Crippen LogP contribution in [0, 0.1) is 0 Å². The Morgan fingerprint density at radius 3 is 2.75 bits per heavy atom. The van der Waals surface area contributed by atoms with Gasteiger partial charge in [-0.15, -0.1) is 0 Å². The third kappa shape index (κ3) is 2.25. The number of carboxylic acids is 1. The van der Waals surface area contributed by atoms with Crippen LogP contribution in [0.25, 0.3) is 0 Å². The molecule has 0 aliphatic carbocycles. The Balaban J connectivity index is 2.05. The highest BCUT2D eigenvalue weighted by atomic mass is 16.4. The molecule has 1 aromatic carbocycles. The zero-order chi connectivity index (χ0) is 11.4. The van der Waals surface area contributed by atoms with Gasteiger partial charge in [0.25, 0.3) is 0 Å². The van der Waals surface area contributed by atoms with Gasteiger partial charge in [0.05, 0.1) is 0 Å². The van der Waals surface area contributed by atoms with Gasteiger partial charge in [-0.25, -0.2) is 14.5 Å². The van der Waals surface area contributed by atoms with Crippen LogP contribution >= 0.6 is 0 Å². The summed E-state index contributed by atoms with van der Waals surface area (Å²) in [5.74, 6) is -1.07. The number of aromatic nitrogens is 3. The van der Waals surface area contributed by atoms with Gasteiger partial charge in [0.1, 0.15) is 6.33 Å². The Bertz CT molecular complexity index is 479. The lowest BCUT2D eigenvalue weighted by Gasteiger charge is -2.03. The number of benzene rings is 1. The SMILES string of the molecule is O=C(O)c1ncnn1CCc1ccccc1. The lowest BCUT2D eigenvalue weighted by molar-refractivity contribution is 0.0676. The van der Waals surface area contributed by atoms with Gasteiger partial charge in [0.15, 0.2) is 0 Å². The molecule has 0 saturated heterocycles. The number of aromatic carboxylic acids is 1. The molecule has 0 aliphatic rings. The van der Waals surface area contributed by atoms with Crippen molar-refractivity contribution in [1.82, 2.24) is 14.8 Å². The lowest BCUT2D eigenvalue weighted by Crippen LogP contribution is -2.12. The summed E-state index contributed by atoms with van der Waals surface area (Å²) in [6.07, 6.45) is 2.00. The second kappa shape index (κ2) is 4.57. The summed E-state index contributed by atoms with van der Waals surface area (Å²) in [5, 5.41) is 12.7. The first-order chi connectivity index (χ1) is 7.77. The Labute approximate surface area is 92.4 Å². The van der Waals surface area contributed by atoms with E-state index in [1.165, 1.54) is 11.0 Å². The predicted octanol–water partition coefficient (Wildman–Crippen LogP) is 1.22. The fourth-order valence-corrected chi connectivity index (χ4v) is 1.47. The van der Waals surface area contributed by atoms with E-state index in [0.717, 1.165) is 12.0 Å². The molecule has 1 aromatic heterocycles. The van der Waals surface area contributed by atoms with Crippen LogP contribution < -0.4 is 0 Å². The quantitative estimate of drug-likeness (QED) is 0.836. The average molecular weight is 217 g/mol. The molecular weight excluding hydrogens is 206 g/mol. The highest BCUT2D eigenvalue weighted by Gasteiger charge is 2.11. The van der Waals surface area contributed by atoms with E-state index < -0.39 is 5.97 Å². The fourth-order valence-electron chi connectivity index (χ4n) is 1.47. The zero-order valence-corrected chi connectivity index (χ0v) is 8.58. The van der Waals surface area contributed by atoms with E-state index in [-0.39, 0.29) is 5.82 Å². The molecule has 0 saturated carbocycles. The van der Waals surface area contributed by atoms with Gasteiger partial charge in [-0.3, -0.25) is 0 Å². The summed E-state index contributed by atoms with van der Waals surface area (Å²) in [6.45, 7) is 0.519. The molecule has 0 radical (unpaired) electrons. The molecule has 2 rings (SSSR count). The number of carbonyl (C=O) groups is 1. The molecule has 0 atom stereocenters. The predicted molar refractivity (Wildman–Crippen MR) is 57.1 cm³/mol. The molecular formula is C11H11N3O2. The van der Waals surface area contributed by atoms with E-state index in [0.29, 0.717) is 6.54 Å². The van der Waals surface area contributed by atoms with Crippen LogP contribution in [-0.2, 0) is 13.0 Å². The molecule has 82 valence electrons. The molecule has 0 spiro atoms. The normalized spacial score (nSPS) is 10.2. The fraction of sp³-hybridized carbons (Fsp3) is 0.182. The van der Waals surface area contributed by atoms with Crippen molar-refractivity contribution in [3.05, 3.63) is 48.0 Å². The van der Waals surface area contributed by atoms with E-state index in [1.807, 2.05) is 30.3 Å². The molecule has 16 heavy (non-hydrogen) atoms. The Morgan fingerprint density at radius 1 is 1.31 bits per heavy atom. The summed E-state index contributed by atoms with van der Waals surface area (Å²) in [4.78, 5) is 14.5. The van der Waals surface area contributed by atoms with Crippen molar-refractivity contribution < 1.29 is 9.90 Å². The topological polar surface area (TPSA) is 68.0 Å². The minimum Gasteiger partial charge on any atom is -0.475 e. The lowest BCUT2D eigenvalue weighted by atomic mass is 10.1. The summed E-state index contributed by atoms with van der Waals surface area (Å²) >= 11 is 0. The van der Waals surface area contributed by atoms with Gasteiger partial charge in [-0.2, -0.15) is 5.10 Å². The van der Waals surface area contributed by atoms with Crippen LogP contribution in [0.4, 0.5) is 0 Å². The second-order valence-electron chi connectivity index (χ2n) is 3.35. The van der Waals surface area contributed by atoms with Crippen LogP contribution in [0.1, 0.15) is 16.2 Å². The maximum Gasteiger partial charge on any atom is 0.373 e. The van der Waals surface area contributed by atoms with Crippen molar-refractivity contribution >= 4 is 5.97 Å². The highest BCUT2D eigenvalue weighted by Crippen LogP contribution is 2.02. The number of rotatable bonds is 4. The van der Waals surface area contributed by atoms with Crippen molar-refractivity contribution in [3.63, 3.8) is 0 Å². The number of nitrogens with zero attached hydrogens (tertiary/aromatic N) is 3. The van der Waals surface area contributed by atoms with Crippen LogP contribution in [0.2, 0.25) is 0 Å². The zero-order valence-electron chi connectivity index (χ0n) is 8.58. The van der Waals surface area contributed by atoms with Crippen LogP contribution in [0.15, 0.2) is 36.7 Å². The number of hydrogen-bond acceptors (Lipinski definition) is 3. The number of carboxylic acid groups (broad SMARTS) is 1. The van der Waals surface area contributed by atoms with Gasteiger partial charge in [0.2, 0.25) is 5.82 Å². The highest BCUT2D eigenvalue weighted by molar-refractivity contribution is 5.83. The number of aryl methyl sites for hydroxylation is 2. The largest absolute Gasteiger partial charge is 0.475 e. The minimum absolute atomic E-state index is 0.0177. The van der Waals surface area contributed by atoms with E-state index in [2.05, 4.69) is 10.1 Å². The van der Waals surface area contributed by atoms with E-state index >= 15 is 0 Å². The van der Waals surface area contributed by atoms with E-state index in [9.17, 15) is 4.79 Å². The summed E-state index contributed by atoms with van der Waals surface area (Å²) < 4.78 is 1.40. The average Bonchev–Trinajstić information content (AvgIpc) is 2.76. The smallest absolute Gasteiger partial charge is 0.373 e. The maximum absolute atomic E-state index is 10.8. The summed E-state index contributed by atoms with van der Waals surface area (Å²) in [6, 6.07) is 9.85. The van der Waals surface area contributed by atoms with Crippen LogP contribution in [0.5, 0.6) is 0 Å². The van der Waals surface area contributed by atoms with Crippen molar-refractivity contribution in [2.45, 2.75) is 13.0 Å². The summed E-state index contributed by atoms with van der Waals surface area (Å²) in [7, 11) is 0. The Kier molecular flexibility index (Phi) is 2.95. The molecule has 1 heterocycles. The van der Waals surface area contributed by atoms with Gasteiger partial charge >= 0.3 is 5.97 Å². The molecule has 0 aliphatic heterocycles. The molecule has 0 fully saturated rings. The Hall–Kier alpha value is -2.17. The molecule has 5 nitrogen and oxygen atoms in total. The molecule has 1 N–H and O–H groups in total. The maximum atomic E-state index is 10.8. The molecule has 0 unspecified atom stereocenters. The van der Waals surface area contributed by atoms with Gasteiger partial charge in [-0.1, -0.05) is 30.3 Å². The number of hydrogen-bond donors (Lipinski definition) is 1. The van der Waals surface area contributed by atoms with Crippen LogP contribution in [-0.4, -0.2) is 25.8 Å². The molecule has 5 heteroatoms. The first-order valence-electron chi connectivity index (χ1n) is 4.92.